The number of aryl methyl sites for hydroxylation is 1. The second-order valence-corrected chi connectivity index (χ2v) is 11.4. The summed E-state index contributed by atoms with van der Waals surface area (Å²) in [4.78, 5) is 0. The van der Waals surface area contributed by atoms with E-state index in [-0.39, 0.29) is 12.3 Å². The summed E-state index contributed by atoms with van der Waals surface area (Å²) in [5, 5.41) is 13.8. The number of anilines is 1. The van der Waals surface area contributed by atoms with Crippen LogP contribution < -0.4 is 24.2 Å². The molecule has 2 atom stereocenters. The Kier molecular flexibility index (Phi) is 9.49. The Balaban J connectivity index is 1.25. The van der Waals surface area contributed by atoms with Gasteiger partial charge in [0.25, 0.3) is 0 Å². The molecule has 0 aliphatic heterocycles. The van der Waals surface area contributed by atoms with Crippen LogP contribution in [0.5, 0.6) is 17.2 Å². The topological polar surface area (TPSA) is 106 Å². The zero-order valence-corrected chi connectivity index (χ0v) is 22.7. The number of aliphatic hydroxyl groups excluding tert-OH is 1. The van der Waals surface area contributed by atoms with Crippen LogP contribution in [0.25, 0.3) is 0 Å². The molecule has 0 radical (unpaired) electrons. The molecule has 204 valence electrons. The van der Waals surface area contributed by atoms with Crippen LogP contribution in [0.3, 0.4) is 0 Å². The van der Waals surface area contributed by atoms with Crippen molar-refractivity contribution in [3.63, 3.8) is 0 Å². The molecule has 9 heteroatoms. The van der Waals surface area contributed by atoms with Crippen molar-refractivity contribution >= 4 is 15.7 Å². The number of hydrogen-bond acceptors (Lipinski definition) is 7. The molecule has 4 rings (SSSR count). The summed E-state index contributed by atoms with van der Waals surface area (Å²) in [5.74, 6) is 2.23. The van der Waals surface area contributed by atoms with Gasteiger partial charge in [0.15, 0.2) is 0 Å². The van der Waals surface area contributed by atoms with E-state index in [2.05, 4.69) is 22.2 Å². The lowest BCUT2D eigenvalue weighted by molar-refractivity contribution is 0.105. The molecule has 38 heavy (non-hydrogen) atoms. The van der Waals surface area contributed by atoms with E-state index in [1.54, 1.807) is 25.3 Å². The molecule has 0 amide bonds. The van der Waals surface area contributed by atoms with Crippen LogP contribution in [-0.4, -0.2) is 52.7 Å². The van der Waals surface area contributed by atoms with Crippen LogP contribution >= 0.6 is 0 Å². The van der Waals surface area contributed by atoms with Crippen molar-refractivity contribution in [1.82, 2.24) is 5.32 Å². The minimum atomic E-state index is -3.53. The first-order chi connectivity index (χ1) is 18.3. The van der Waals surface area contributed by atoms with Gasteiger partial charge >= 0.3 is 0 Å². The average molecular weight is 541 g/mol. The van der Waals surface area contributed by atoms with Gasteiger partial charge < -0.3 is 24.6 Å². The maximum absolute atomic E-state index is 11.9. The van der Waals surface area contributed by atoms with Crippen molar-refractivity contribution in [3.05, 3.63) is 83.4 Å². The molecule has 0 fully saturated rings. The summed E-state index contributed by atoms with van der Waals surface area (Å²) in [6.45, 7) is 1.59. The Morgan fingerprint density at radius 2 is 1.79 bits per heavy atom. The number of nitrogens with one attached hydrogen (secondary N) is 2. The molecule has 0 unspecified atom stereocenters. The molecule has 0 saturated carbocycles. The summed E-state index contributed by atoms with van der Waals surface area (Å²) in [5.41, 5.74) is 3.97. The van der Waals surface area contributed by atoms with Crippen LogP contribution in [0.4, 0.5) is 5.69 Å². The van der Waals surface area contributed by atoms with E-state index in [0.717, 1.165) is 43.4 Å². The fourth-order valence-electron chi connectivity index (χ4n) is 4.55. The second kappa shape index (κ2) is 13.0. The summed E-state index contributed by atoms with van der Waals surface area (Å²) in [7, 11) is -1.84. The van der Waals surface area contributed by atoms with Gasteiger partial charge in [0.05, 0.1) is 19.1 Å². The van der Waals surface area contributed by atoms with E-state index < -0.39 is 16.1 Å². The molecule has 0 aromatic heterocycles. The van der Waals surface area contributed by atoms with Gasteiger partial charge in [0.1, 0.15) is 36.6 Å². The van der Waals surface area contributed by atoms with Crippen LogP contribution in [0.2, 0.25) is 0 Å². The highest BCUT2D eigenvalue weighted by Crippen LogP contribution is 2.31. The van der Waals surface area contributed by atoms with Crippen LogP contribution in [0.15, 0.2) is 66.7 Å². The molecule has 3 aromatic carbocycles. The third-order valence-corrected chi connectivity index (χ3v) is 7.07. The Labute approximate surface area is 225 Å². The Bertz CT molecular complexity index is 1300. The maximum Gasteiger partial charge on any atom is 0.229 e. The molecular weight excluding hydrogens is 504 g/mol. The Morgan fingerprint density at radius 1 is 1.00 bits per heavy atom. The number of aliphatic hydroxyl groups is 1. The molecule has 0 spiro atoms. The number of rotatable bonds is 13. The van der Waals surface area contributed by atoms with Crippen molar-refractivity contribution in [2.75, 3.05) is 37.8 Å². The van der Waals surface area contributed by atoms with Gasteiger partial charge in [-0.15, -0.1) is 0 Å². The smallest absolute Gasteiger partial charge is 0.229 e. The number of hydrogen-bond donors (Lipinski definition) is 3. The first-order valence-corrected chi connectivity index (χ1v) is 14.6. The minimum Gasteiger partial charge on any atom is -0.497 e. The number of methoxy groups -OCH3 is 1. The van der Waals surface area contributed by atoms with E-state index in [4.69, 9.17) is 14.2 Å². The van der Waals surface area contributed by atoms with Gasteiger partial charge in [0.2, 0.25) is 10.0 Å². The lowest BCUT2D eigenvalue weighted by atomic mass is 9.84. The molecule has 1 aliphatic carbocycles. The summed E-state index contributed by atoms with van der Waals surface area (Å²) in [6, 6.07) is 20.8. The van der Waals surface area contributed by atoms with Gasteiger partial charge in [-0.05, 0) is 72.7 Å². The van der Waals surface area contributed by atoms with E-state index in [1.807, 2.05) is 36.4 Å². The van der Waals surface area contributed by atoms with Crippen molar-refractivity contribution in [2.24, 2.45) is 5.92 Å². The van der Waals surface area contributed by atoms with Crippen molar-refractivity contribution < 1.29 is 27.7 Å². The second-order valence-electron chi connectivity index (χ2n) is 9.67. The Hall–Kier alpha value is -3.27. The first-order valence-electron chi connectivity index (χ1n) is 12.7. The van der Waals surface area contributed by atoms with Crippen molar-refractivity contribution in [1.29, 1.82) is 0 Å². The quantitative estimate of drug-likeness (QED) is 0.303. The highest BCUT2D eigenvalue weighted by molar-refractivity contribution is 7.92. The van der Waals surface area contributed by atoms with Crippen LogP contribution in [0, 0.1) is 5.92 Å². The average Bonchev–Trinajstić information content (AvgIpc) is 2.90. The van der Waals surface area contributed by atoms with E-state index in [0.29, 0.717) is 30.6 Å². The summed E-state index contributed by atoms with van der Waals surface area (Å²) >= 11 is 0. The number of benzene rings is 3. The molecular formula is C29H36N2O6S. The predicted molar refractivity (Wildman–Crippen MR) is 149 cm³/mol. The maximum atomic E-state index is 11.9. The fourth-order valence-corrected chi connectivity index (χ4v) is 5.11. The minimum absolute atomic E-state index is 0.0723. The lowest BCUT2D eigenvalue weighted by Crippen LogP contribution is -2.35. The monoisotopic (exact) mass is 540 g/mol. The SMILES string of the molecule is COc1ccc2c(c1)CC[C@@H](CNC[C@H](O)COc1ccc(OCc3ccccc3)c(NS(C)(=O)=O)c1)C2. The highest BCUT2D eigenvalue weighted by atomic mass is 32.2. The van der Waals surface area contributed by atoms with E-state index >= 15 is 0 Å². The van der Waals surface area contributed by atoms with Crippen LogP contribution in [-0.2, 0) is 29.5 Å². The van der Waals surface area contributed by atoms with E-state index in [1.165, 1.54) is 11.1 Å². The standard InChI is InChI=1S/C29H36N2O6S/c1-35-26-11-10-23-14-22(8-9-24(23)15-26)17-30-18-25(32)20-36-27-12-13-29(28(16-27)31-38(2,33)34)37-19-21-6-4-3-5-7-21/h3-7,10-13,15-16,22,25,30-32H,8-9,14,17-20H2,1-2H3/t22-,25+/m1/s1. The largest absolute Gasteiger partial charge is 0.497 e. The summed E-state index contributed by atoms with van der Waals surface area (Å²) in [6.07, 6.45) is 3.50. The third-order valence-electron chi connectivity index (χ3n) is 6.48. The summed E-state index contributed by atoms with van der Waals surface area (Å²) < 4.78 is 43.2. The van der Waals surface area contributed by atoms with Crippen molar-refractivity contribution in [3.8, 4) is 17.2 Å². The van der Waals surface area contributed by atoms with Crippen LogP contribution in [0.1, 0.15) is 23.1 Å². The number of ether oxygens (including phenoxy) is 3. The molecule has 0 saturated heterocycles. The third kappa shape index (κ3) is 8.37. The zero-order chi connectivity index (χ0) is 27.0. The fraction of sp³-hybridized carbons (Fsp3) is 0.379. The zero-order valence-electron chi connectivity index (χ0n) is 21.9. The van der Waals surface area contributed by atoms with E-state index in [9.17, 15) is 13.5 Å². The molecule has 0 bridgehead atoms. The van der Waals surface area contributed by atoms with Gasteiger partial charge in [-0.25, -0.2) is 8.42 Å². The molecule has 3 N–H and O–H groups in total. The normalized spacial score (nSPS) is 15.8. The van der Waals surface area contributed by atoms with Crippen molar-refractivity contribution in [2.45, 2.75) is 32.0 Å². The van der Waals surface area contributed by atoms with Gasteiger partial charge in [-0.2, -0.15) is 0 Å². The van der Waals surface area contributed by atoms with Gasteiger partial charge in [0, 0.05) is 12.6 Å². The molecule has 8 nitrogen and oxygen atoms in total. The highest BCUT2D eigenvalue weighted by Gasteiger charge is 2.19. The number of fused-ring (bicyclic) bond motifs is 1. The number of sulfonamides is 1. The molecule has 1 aliphatic rings. The predicted octanol–water partition coefficient (Wildman–Crippen LogP) is 3.78. The lowest BCUT2D eigenvalue weighted by Gasteiger charge is -2.25. The first kappa shape index (κ1) is 27.8. The van der Waals surface area contributed by atoms with Gasteiger partial charge in [-0.3, -0.25) is 4.72 Å². The Morgan fingerprint density at radius 3 is 2.55 bits per heavy atom. The molecule has 0 heterocycles. The molecule has 3 aromatic rings. The van der Waals surface area contributed by atoms with Gasteiger partial charge in [-0.1, -0.05) is 36.4 Å².